The van der Waals surface area contributed by atoms with E-state index in [1.807, 2.05) is 12.1 Å². The fourth-order valence-corrected chi connectivity index (χ4v) is 3.78. The lowest BCUT2D eigenvalue weighted by Gasteiger charge is -2.19. The summed E-state index contributed by atoms with van der Waals surface area (Å²) in [5.74, 6) is 1.57. The lowest BCUT2D eigenvalue weighted by atomic mass is 10.0. The Morgan fingerprint density at radius 3 is 2.36 bits per heavy atom. The highest BCUT2D eigenvalue weighted by molar-refractivity contribution is 7.07. The van der Waals surface area contributed by atoms with Crippen LogP contribution in [0.2, 0.25) is 0 Å². The highest BCUT2D eigenvalue weighted by Gasteiger charge is 2.12. The largest absolute Gasteiger partial charge is 0.430 e. The monoisotopic (exact) mass is 395 g/mol. The minimum absolute atomic E-state index is 0.578. The molecular weight excluding hydrogens is 366 g/mol. The average Bonchev–Trinajstić information content (AvgIpc) is 3.15. The molecule has 0 radical (unpaired) electrons. The molecule has 0 N–H and O–H groups in total. The van der Waals surface area contributed by atoms with Crippen LogP contribution in [0.5, 0.6) is 10.9 Å². The molecule has 0 aliphatic carbocycles. The van der Waals surface area contributed by atoms with Crippen LogP contribution in [0.1, 0.15) is 36.1 Å². The van der Waals surface area contributed by atoms with E-state index in [-0.39, 0.29) is 0 Å². The summed E-state index contributed by atoms with van der Waals surface area (Å²) in [7, 11) is 0. The molecule has 28 heavy (non-hydrogen) atoms. The molecule has 0 fully saturated rings. The summed E-state index contributed by atoms with van der Waals surface area (Å²) in [6.07, 6.45) is 1.06. The first-order chi connectivity index (χ1) is 13.5. The predicted molar refractivity (Wildman–Crippen MR) is 118 cm³/mol. The molecule has 0 saturated carbocycles. The van der Waals surface area contributed by atoms with Crippen molar-refractivity contribution in [3.05, 3.63) is 58.7 Å². The predicted octanol–water partition coefficient (Wildman–Crippen LogP) is 5.81. The number of benzene rings is 2. The Bertz CT molecular complexity index is 914. The van der Waals surface area contributed by atoms with Gasteiger partial charge in [-0.25, -0.2) is 0 Å². The molecule has 0 bridgehead atoms. The van der Waals surface area contributed by atoms with Crippen LogP contribution in [-0.4, -0.2) is 33.9 Å². The maximum absolute atomic E-state index is 6.07. The molecule has 0 spiro atoms. The van der Waals surface area contributed by atoms with Crippen molar-refractivity contribution in [2.45, 2.75) is 41.0 Å². The van der Waals surface area contributed by atoms with Crippen LogP contribution in [0.4, 0.5) is 0 Å². The van der Waals surface area contributed by atoms with Crippen molar-refractivity contribution in [3.8, 4) is 22.3 Å². The van der Waals surface area contributed by atoms with Crippen molar-refractivity contribution < 1.29 is 4.74 Å². The fourth-order valence-electron chi connectivity index (χ4n) is 3.21. The Morgan fingerprint density at radius 2 is 1.68 bits per heavy atom. The van der Waals surface area contributed by atoms with Crippen molar-refractivity contribution in [1.82, 2.24) is 14.3 Å². The van der Waals surface area contributed by atoms with Crippen LogP contribution in [0.25, 0.3) is 11.4 Å². The molecule has 2 aromatic carbocycles. The smallest absolute Gasteiger partial charge is 0.299 e. The number of hydrogen-bond donors (Lipinski definition) is 0. The first-order valence-electron chi connectivity index (χ1n) is 9.91. The summed E-state index contributed by atoms with van der Waals surface area (Å²) in [6.45, 7) is 14.0. The van der Waals surface area contributed by atoms with Crippen LogP contribution in [0.3, 0.4) is 0 Å². The van der Waals surface area contributed by atoms with Gasteiger partial charge in [0.1, 0.15) is 5.75 Å². The minimum Gasteiger partial charge on any atom is -0.430 e. The molecule has 1 heterocycles. The lowest BCUT2D eigenvalue weighted by Crippen LogP contribution is -2.25. The van der Waals surface area contributed by atoms with Crippen LogP contribution in [-0.2, 0) is 6.42 Å². The minimum atomic E-state index is 0.578. The van der Waals surface area contributed by atoms with Crippen molar-refractivity contribution in [2.24, 2.45) is 0 Å². The van der Waals surface area contributed by atoms with Gasteiger partial charge in [0.25, 0.3) is 5.19 Å². The van der Waals surface area contributed by atoms with Gasteiger partial charge >= 0.3 is 0 Å². The second-order valence-corrected chi connectivity index (χ2v) is 7.89. The van der Waals surface area contributed by atoms with Gasteiger partial charge in [-0.1, -0.05) is 49.7 Å². The van der Waals surface area contributed by atoms with Gasteiger partial charge in [0.15, 0.2) is 5.82 Å². The first kappa shape index (κ1) is 20.5. The Balaban J connectivity index is 1.72. The molecule has 0 atom stereocenters. The van der Waals surface area contributed by atoms with Gasteiger partial charge in [0, 0.05) is 23.6 Å². The molecule has 1 aromatic heterocycles. The van der Waals surface area contributed by atoms with Gasteiger partial charge in [-0.2, -0.15) is 9.36 Å². The van der Waals surface area contributed by atoms with Crippen molar-refractivity contribution >= 4 is 11.5 Å². The summed E-state index contributed by atoms with van der Waals surface area (Å²) in [6, 6.07) is 12.6. The Morgan fingerprint density at radius 1 is 0.964 bits per heavy atom. The second kappa shape index (κ2) is 9.30. The summed E-state index contributed by atoms with van der Waals surface area (Å²) in [5, 5.41) is 0.578. The van der Waals surface area contributed by atoms with Crippen LogP contribution in [0, 0.1) is 20.8 Å². The maximum Gasteiger partial charge on any atom is 0.299 e. The van der Waals surface area contributed by atoms with E-state index in [9.17, 15) is 0 Å². The topological polar surface area (TPSA) is 38.2 Å². The van der Waals surface area contributed by atoms with Crippen molar-refractivity contribution in [1.29, 1.82) is 0 Å². The molecule has 3 aromatic rings. The number of aryl methyl sites for hydroxylation is 3. The molecule has 4 nitrogen and oxygen atoms in total. The maximum atomic E-state index is 6.07. The van der Waals surface area contributed by atoms with E-state index in [0.29, 0.717) is 11.0 Å². The molecule has 0 aliphatic rings. The Hall–Kier alpha value is -2.24. The molecule has 3 rings (SSSR count). The van der Waals surface area contributed by atoms with E-state index in [2.05, 4.69) is 73.1 Å². The number of ether oxygens (including phenoxy) is 1. The van der Waals surface area contributed by atoms with Gasteiger partial charge < -0.3 is 9.64 Å². The van der Waals surface area contributed by atoms with Crippen LogP contribution < -0.4 is 4.74 Å². The summed E-state index contributed by atoms with van der Waals surface area (Å²) in [4.78, 5) is 7.01. The standard InChI is InChI=1S/C23H29N3OS/c1-6-26(7-2)13-12-20-14-18(5)21(15-17(20)4)27-23-24-22(25-28-23)19-10-8-16(3)9-11-19/h8-11,14-15H,6-7,12-13H2,1-5H3. The molecule has 0 unspecified atom stereocenters. The van der Waals surface area contributed by atoms with E-state index in [1.165, 1.54) is 28.2 Å². The Labute approximate surface area is 172 Å². The Kier molecular flexibility index (Phi) is 6.81. The third kappa shape index (κ3) is 4.97. The van der Waals surface area contributed by atoms with Gasteiger partial charge in [0.2, 0.25) is 0 Å². The summed E-state index contributed by atoms with van der Waals surface area (Å²) in [5.41, 5.74) is 6.01. The first-order valence-corrected chi connectivity index (χ1v) is 10.7. The lowest BCUT2D eigenvalue weighted by molar-refractivity contribution is 0.307. The zero-order valence-corrected chi connectivity index (χ0v) is 18.3. The molecular formula is C23H29N3OS. The zero-order chi connectivity index (χ0) is 20.1. The number of aromatic nitrogens is 2. The number of hydrogen-bond acceptors (Lipinski definition) is 5. The quantitative estimate of drug-likeness (QED) is 0.483. The van der Waals surface area contributed by atoms with Gasteiger partial charge in [-0.15, -0.1) is 0 Å². The number of rotatable bonds is 8. The van der Waals surface area contributed by atoms with Crippen LogP contribution >= 0.6 is 11.5 Å². The molecule has 0 amide bonds. The van der Waals surface area contributed by atoms with E-state index in [4.69, 9.17) is 4.74 Å². The van der Waals surface area contributed by atoms with Gasteiger partial charge in [-0.05, 0) is 63.0 Å². The van der Waals surface area contributed by atoms with Gasteiger partial charge in [0.05, 0.1) is 0 Å². The number of likely N-dealkylation sites (N-methyl/N-ethyl adjacent to an activating group) is 1. The molecule has 0 aliphatic heterocycles. The average molecular weight is 396 g/mol. The highest BCUT2D eigenvalue weighted by Crippen LogP contribution is 2.31. The van der Waals surface area contributed by atoms with Crippen molar-refractivity contribution in [3.63, 3.8) is 0 Å². The molecule has 0 saturated heterocycles. The van der Waals surface area contributed by atoms with E-state index in [0.717, 1.165) is 42.9 Å². The van der Waals surface area contributed by atoms with Gasteiger partial charge in [-0.3, -0.25) is 0 Å². The van der Waals surface area contributed by atoms with E-state index in [1.54, 1.807) is 0 Å². The normalized spacial score (nSPS) is 11.2. The fraction of sp³-hybridized carbons (Fsp3) is 0.391. The third-order valence-electron chi connectivity index (χ3n) is 5.14. The van der Waals surface area contributed by atoms with Crippen LogP contribution in [0.15, 0.2) is 36.4 Å². The summed E-state index contributed by atoms with van der Waals surface area (Å²) >= 11 is 1.29. The van der Waals surface area contributed by atoms with E-state index < -0.39 is 0 Å². The highest BCUT2D eigenvalue weighted by atomic mass is 32.1. The number of nitrogens with zero attached hydrogens (tertiary/aromatic N) is 3. The van der Waals surface area contributed by atoms with Crippen molar-refractivity contribution in [2.75, 3.05) is 19.6 Å². The zero-order valence-electron chi connectivity index (χ0n) is 17.5. The summed E-state index contributed by atoms with van der Waals surface area (Å²) < 4.78 is 10.5. The molecule has 148 valence electrons. The van der Waals surface area contributed by atoms with E-state index >= 15 is 0 Å². The third-order valence-corrected chi connectivity index (χ3v) is 5.73. The molecule has 5 heteroatoms. The second-order valence-electron chi connectivity index (χ2n) is 7.17. The SMILES string of the molecule is CCN(CC)CCc1cc(C)c(Oc2nc(-c3ccc(C)cc3)ns2)cc1C.